The molecule has 1 aliphatic heterocycles. The molecule has 1 heterocycles. The first kappa shape index (κ1) is 19.1. The number of aryl methyl sites for hydroxylation is 1. The standard InChI is InChI=1S/C22H22FN3O3/c1-13-5-8-18(11-19(13)23)26-12-15(10-20(26)27)22(29)25-17-4-2-3-14(9-17)21(28)24-16-6-7-16/h2-5,8-9,11,15-16H,6-7,10,12H2,1H3,(H,24,28)(H,25,29). The highest BCUT2D eigenvalue weighted by atomic mass is 19.1. The fourth-order valence-electron chi connectivity index (χ4n) is 3.36. The Morgan fingerprint density at radius 2 is 1.93 bits per heavy atom. The fraction of sp³-hybridized carbons (Fsp3) is 0.318. The van der Waals surface area contributed by atoms with Crippen molar-refractivity contribution in [2.45, 2.75) is 32.2 Å². The highest BCUT2D eigenvalue weighted by molar-refractivity contribution is 6.04. The van der Waals surface area contributed by atoms with Crippen LogP contribution in [-0.2, 0) is 9.59 Å². The predicted molar refractivity (Wildman–Crippen MR) is 107 cm³/mol. The van der Waals surface area contributed by atoms with E-state index in [1.807, 2.05) is 0 Å². The van der Waals surface area contributed by atoms with E-state index in [2.05, 4.69) is 10.6 Å². The van der Waals surface area contributed by atoms with Crippen molar-refractivity contribution in [2.75, 3.05) is 16.8 Å². The number of rotatable bonds is 5. The summed E-state index contributed by atoms with van der Waals surface area (Å²) >= 11 is 0. The van der Waals surface area contributed by atoms with E-state index in [1.165, 1.54) is 11.0 Å². The van der Waals surface area contributed by atoms with Crippen LogP contribution in [0, 0.1) is 18.7 Å². The summed E-state index contributed by atoms with van der Waals surface area (Å²) in [5.74, 6) is -1.60. The molecule has 150 valence electrons. The lowest BCUT2D eigenvalue weighted by Gasteiger charge is -2.17. The number of amides is 3. The average molecular weight is 395 g/mol. The number of halogens is 1. The Bertz CT molecular complexity index is 987. The van der Waals surface area contributed by atoms with Gasteiger partial charge in [0.2, 0.25) is 11.8 Å². The van der Waals surface area contributed by atoms with Gasteiger partial charge in [0.25, 0.3) is 5.91 Å². The lowest BCUT2D eigenvalue weighted by Crippen LogP contribution is -2.28. The van der Waals surface area contributed by atoms with Gasteiger partial charge in [-0.15, -0.1) is 0 Å². The summed E-state index contributed by atoms with van der Waals surface area (Å²) in [4.78, 5) is 38.6. The van der Waals surface area contributed by atoms with Gasteiger partial charge in [0.15, 0.2) is 0 Å². The Labute approximate surface area is 168 Å². The van der Waals surface area contributed by atoms with Gasteiger partial charge in [-0.3, -0.25) is 14.4 Å². The number of nitrogens with zero attached hydrogens (tertiary/aromatic N) is 1. The number of hydrogen-bond donors (Lipinski definition) is 2. The Morgan fingerprint density at radius 1 is 1.14 bits per heavy atom. The average Bonchev–Trinajstić information content (AvgIpc) is 3.42. The molecule has 1 aliphatic carbocycles. The molecular weight excluding hydrogens is 373 g/mol. The molecule has 0 aromatic heterocycles. The topological polar surface area (TPSA) is 78.5 Å². The number of hydrogen-bond acceptors (Lipinski definition) is 3. The number of nitrogens with one attached hydrogen (secondary N) is 2. The van der Waals surface area contributed by atoms with Crippen LogP contribution in [0.3, 0.4) is 0 Å². The van der Waals surface area contributed by atoms with Gasteiger partial charge >= 0.3 is 0 Å². The minimum Gasteiger partial charge on any atom is -0.349 e. The molecule has 4 rings (SSSR count). The van der Waals surface area contributed by atoms with Gasteiger partial charge in [0.05, 0.1) is 5.92 Å². The molecule has 2 N–H and O–H groups in total. The molecule has 1 saturated heterocycles. The zero-order chi connectivity index (χ0) is 20.5. The van der Waals surface area contributed by atoms with Gasteiger partial charge in [0, 0.05) is 35.9 Å². The minimum absolute atomic E-state index is 0.0587. The monoisotopic (exact) mass is 395 g/mol. The third kappa shape index (κ3) is 4.29. The van der Waals surface area contributed by atoms with Crippen molar-refractivity contribution >= 4 is 29.1 Å². The predicted octanol–water partition coefficient (Wildman–Crippen LogP) is 3.02. The molecule has 2 fully saturated rings. The van der Waals surface area contributed by atoms with Crippen molar-refractivity contribution in [1.82, 2.24) is 5.32 Å². The largest absolute Gasteiger partial charge is 0.349 e. The molecule has 6 nitrogen and oxygen atoms in total. The van der Waals surface area contributed by atoms with E-state index in [0.29, 0.717) is 22.5 Å². The van der Waals surface area contributed by atoms with Crippen LogP contribution in [0.2, 0.25) is 0 Å². The van der Waals surface area contributed by atoms with Gasteiger partial charge in [-0.1, -0.05) is 12.1 Å². The number of anilines is 2. The molecule has 0 spiro atoms. The Kier molecular flexibility index (Phi) is 5.05. The maximum atomic E-state index is 13.8. The van der Waals surface area contributed by atoms with E-state index >= 15 is 0 Å². The smallest absolute Gasteiger partial charge is 0.251 e. The van der Waals surface area contributed by atoms with E-state index < -0.39 is 5.92 Å². The quantitative estimate of drug-likeness (QED) is 0.817. The highest BCUT2D eigenvalue weighted by Gasteiger charge is 2.35. The van der Waals surface area contributed by atoms with Gasteiger partial charge in [-0.25, -0.2) is 4.39 Å². The minimum atomic E-state index is -0.546. The zero-order valence-corrected chi connectivity index (χ0v) is 16.1. The molecule has 3 amide bonds. The lowest BCUT2D eigenvalue weighted by molar-refractivity contribution is -0.122. The van der Waals surface area contributed by atoms with Crippen LogP contribution in [-0.4, -0.2) is 30.3 Å². The summed E-state index contributed by atoms with van der Waals surface area (Å²) in [6, 6.07) is 11.6. The third-order valence-electron chi connectivity index (χ3n) is 5.27. The summed E-state index contributed by atoms with van der Waals surface area (Å²) in [5.41, 5.74) is 1.94. The van der Waals surface area contributed by atoms with Crippen LogP contribution >= 0.6 is 0 Å². The maximum Gasteiger partial charge on any atom is 0.251 e. The van der Waals surface area contributed by atoms with Crippen LogP contribution in [0.4, 0.5) is 15.8 Å². The van der Waals surface area contributed by atoms with Crippen molar-refractivity contribution in [3.63, 3.8) is 0 Å². The molecule has 2 aromatic rings. The van der Waals surface area contributed by atoms with Crippen molar-refractivity contribution in [3.05, 3.63) is 59.4 Å². The van der Waals surface area contributed by atoms with E-state index in [4.69, 9.17) is 0 Å². The number of carbonyl (C=O) groups is 3. The Balaban J connectivity index is 1.42. The molecule has 1 atom stereocenters. The Hall–Kier alpha value is -3.22. The van der Waals surface area contributed by atoms with E-state index in [-0.39, 0.29) is 42.5 Å². The Morgan fingerprint density at radius 3 is 2.66 bits per heavy atom. The second-order valence-electron chi connectivity index (χ2n) is 7.66. The first-order valence-corrected chi connectivity index (χ1v) is 9.69. The summed E-state index contributed by atoms with van der Waals surface area (Å²) < 4.78 is 13.8. The molecule has 0 radical (unpaired) electrons. The van der Waals surface area contributed by atoms with E-state index in [9.17, 15) is 18.8 Å². The first-order chi connectivity index (χ1) is 13.9. The number of benzene rings is 2. The van der Waals surface area contributed by atoms with Gasteiger partial charge in [-0.05, 0) is 55.7 Å². The molecule has 29 heavy (non-hydrogen) atoms. The lowest BCUT2D eigenvalue weighted by atomic mass is 10.1. The SMILES string of the molecule is Cc1ccc(N2CC(C(=O)Nc3cccc(C(=O)NC4CC4)c3)CC2=O)cc1F. The van der Waals surface area contributed by atoms with Crippen molar-refractivity contribution in [3.8, 4) is 0 Å². The second kappa shape index (κ2) is 7.66. The van der Waals surface area contributed by atoms with Crippen LogP contribution < -0.4 is 15.5 Å². The molecule has 2 aromatic carbocycles. The summed E-state index contributed by atoms with van der Waals surface area (Å²) in [6.07, 6.45) is 2.06. The molecule has 2 aliphatic rings. The van der Waals surface area contributed by atoms with Crippen LogP contribution in [0.15, 0.2) is 42.5 Å². The van der Waals surface area contributed by atoms with Crippen LogP contribution in [0.1, 0.15) is 35.2 Å². The van der Waals surface area contributed by atoms with Gasteiger partial charge in [0.1, 0.15) is 5.82 Å². The highest BCUT2D eigenvalue weighted by Crippen LogP contribution is 2.27. The second-order valence-corrected chi connectivity index (χ2v) is 7.66. The van der Waals surface area contributed by atoms with Gasteiger partial charge < -0.3 is 15.5 Å². The summed E-state index contributed by atoms with van der Waals surface area (Å²) in [5, 5.41) is 5.70. The van der Waals surface area contributed by atoms with Gasteiger partial charge in [-0.2, -0.15) is 0 Å². The van der Waals surface area contributed by atoms with Crippen molar-refractivity contribution < 1.29 is 18.8 Å². The summed E-state index contributed by atoms with van der Waals surface area (Å²) in [7, 11) is 0. The molecule has 1 unspecified atom stereocenters. The van der Waals surface area contributed by atoms with Crippen LogP contribution in [0.5, 0.6) is 0 Å². The van der Waals surface area contributed by atoms with Crippen LogP contribution in [0.25, 0.3) is 0 Å². The number of carbonyl (C=O) groups excluding carboxylic acids is 3. The van der Waals surface area contributed by atoms with Crippen molar-refractivity contribution in [2.24, 2.45) is 5.92 Å². The fourth-order valence-corrected chi connectivity index (χ4v) is 3.36. The maximum absolute atomic E-state index is 13.8. The molecule has 7 heteroatoms. The van der Waals surface area contributed by atoms with E-state index in [0.717, 1.165) is 12.8 Å². The molecule has 1 saturated carbocycles. The first-order valence-electron chi connectivity index (χ1n) is 9.69. The molecule has 0 bridgehead atoms. The summed E-state index contributed by atoms with van der Waals surface area (Å²) in [6.45, 7) is 1.84. The molecular formula is C22H22FN3O3. The third-order valence-corrected chi connectivity index (χ3v) is 5.27. The van der Waals surface area contributed by atoms with E-state index in [1.54, 1.807) is 43.3 Å². The zero-order valence-electron chi connectivity index (χ0n) is 16.1. The van der Waals surface area contributed by atoms with Crippen molar-refractivity contribution in [1.29, 1.82) is 0 Å². The normalized spacial score (nSPS) is 18.6.